The van der Waals surface area contributed by atoms with E-state index in [4.69, 9.17) is 4.74 Å². The molecule has 1 heterocycles. The number of fused-ring (bicyclic) bond motifs is 2. The number of aryl methyl sites for hydroxylation is 2. The van der Waals surface area contributed by atoms with Crippen molar-refractivity contribution in [3.8, 4) is 5.75 Å². The molecule has 2 aromatic rings. The Morgan fingerprint density at radius 2 is 2.06 bits per heavy atom. The van der Waals surface area contributed by atoms with Crippen molar-refractivity contribution in [1.82, 2.24) is 0 Å². The highest BCUT2D eigenvalue weighted by atomic mass is 19.1. The van der Waals surface area contributed by atoms with Gasteiger partial charge in [-0.05, 0) is 61.4 Å². The summed E-state index contributed by atoms with van der Waals surface area (Å²) in [5.74, 6) is -0.807. The number of hydrogen-bond donors (Lipinski definition) is 3. The Kier molecular flexibility index (Phi) is 5.53. The molecule has 0 saturated heterocycles. The van der Waals surface area contributed by atoms with Gasteiger partial charge < -0.3 is 20.1 Å². The molecule has 1 aliphatic heterocycles. The molecule has 0 spiro atoms. The smallest absolute Gasteiger partial charge is 0.335 e. The lowest BCUT2D eigenvalue weighted by atomic mass is 9.85. The summed E-state index contributed by atoms with van der Waals surface area (Å²) in [6, 6.07) is 10.3. The first-order valence-corrected chi connectivity index (χ1v) is 11.6. The van der Waals surface area contributed by atoms with Crippen LogP contribution in [0.2, 0.25) is 0 Å². The largest absolute Gasteiger partial charge is 0.490 e. The van der Waals surface area contributed by atoms with E-state index in [9.17, 15) is 24.5 Å². The van der Waals surface area contributed by atoms with Crippen molar-refractivity contribution in [2.45, 2.75) is 62.8 Å². The first-order valence-electron chi connectivity index (χ1n) is 11.6. The lowest BCUT2D eigenvalue weighted by Crippen LogP contribution is -2.27. The molecule has 2 fully saturated rings. The minimum Gasteiger partial charge on any atom is -0.490 e. The molecule has 2 aliphatic carbocycles. The molecule has 5 nitrogen and oxygen atoms in total. The van der Waals surface area contributed by atoms with Crippen LogP contribution in [0.5, 0.6) is 5.75 Å². The van der Waals surface area contributed by atoms with Gasteiger partial charge in [-0.2, -0.15) is 0 Å². The normalized spacial score (nSPS) is 28.5. The number of hydrogen-bond acceptors (Lipinski definition) is 4. The topological polar surface area (TPSA) is 87.0 Å². The van der Waals surface area contributed by atoms with E-state index in [2.05, 4.69) is 0 Å². The fourth-order valence-electron chi connectivity index (χ4n) is 5.69. The number of carboxylic acids is 1. The molecule has 1 unspecified atom stereocenters. The van der Waals surface area contributed by atoms with Crippen molar-refractivity contribution in [3.63, 3.8) is 0 Å². The SMILES string of the molecule is Cc1cccc(C2(C(O)/C=C/[C@@H]3[C@H]4CCc5ccc(C(=O)O)cc5O[C@H]4C[C@H]3O)CC2)c1F. The Bertz CT molecular complexity index is 1110. The van der Waals surface area contributed by atoms with Crippen LogP contribution in [0.4, 0.5) is 4.39 Å². The summed E-state index contributed by atoms with van der Waals surface area (Å²) in [7, 11) is 0. The van der Waals surface area contributed by atoms with E-state index >= 15 is 0 Å². The molecule has 0 bridgehead atoms. The molecule has 33 heavy (non-hydrogen) atoms. The number of aliphatic hydroxyl groups excluding tert-OH is 2. The summed E-state index contributed by atoms with van der Waals surface area (Å²) in [4.78, 5) is 11.3. The maximum Gasteiger partial charge on any atom is 0.335 e. The summed E-state index contributed by atoms with van der Waals surface area (Å²) >= 11 is 0. The number of aliphatic hydroxyl groups is 2. The van der Waals surface area contributed by atoms with Crippen molar-refractivity contribution < 1.29 is 29.2 Å². The lowest BCUT2D eigenvalue weighted by molar-refractivity contribution is 0.0695. The van der Waals surface area contributed by atoms with Crippen LogP contribution in [-0.2, 0) is 11.8 Å². The fourth-order valence-corrected chi connectivity index (χ4v) is 5.69. The Morgan fingerprint density at radius 1 is 1.27 bits per heavy atom. The molecular formula is C27H29FO5. The zero-order valence-corrected chi connectivity index (χ0v) is 18.6. The van der Waals surface area contributed by atoms with Crippen molar-refractivity contribution in [1.29, 1.82) is 0 Å². The second kappa shape index (κ2) is 8.26. The molecule has 174 valence electrons. The van der Waals surface area contributed by atoms with Crippen molar-refractivity contribution in [2.24, 2.45) is 11.8 Å². The highest BCUT2D eigenvalue weighted by Gasteiger charge is 2.51. The molecule has 6 heteroatoms. The van der Waals surface area contributed by atoms with E-state index in [1.165, 1.54) is 0 Å². The summed E-state index contributed by atoms with van der Waals surface area (Å²) in [6.07, 6.45) is 5.37. The number of aromatic carboxylic acids is 1. The van der Waals surface area contributed by atoms with Gasteiger partial charge in [0.2, 0.25) is 0 Å². The Labute approximate surface area is 192 Å². The zero-order valence-electron chi connectivity index (χ0n) is 18.6. The number of rotatable bonds is 5. The maximum absolute atomic E-state index is 14.7. The molecular weight excluding hydrogens is 423 g/mol. The van der Waals surface area contributed by atoms with Crippen LogP contribution in [0, 0.1) is 24.6 Å². The number of ether oxygens (including phenoxy) is 1. The van der Waals surface area contributed by atoms with Crippen molar-refractivity contribution >= 4 is 5.97 Å². The van der Waals surface area contributed by atoms with E-state index in [-0.39, 0.29) is 29.3 Å². The van der Waals surface area contributed by atoms with E-state index in [0.29, 0.717) is 23.3 Å². The summed E-state index contributed by atoms with van der Waals surface area (Å²) < 4.78 is 20.9. The molecule has 3 aliphatic rings. The Hall–Kier alpha value is -2.70. The van der Waals surface area contributed by atoms with E-state index in [1.807, 2.05) is 12.1 Å². The number of benzene rings is 2. The van der Waals surface area contributed by atoms with E-state index in [1.54, 1.807) is 43.3 Å². The highest BCUT2D eigenvalue weighted by Crippen LogP contribution is 2.53. The van der Waals surface area contributed by atoms with Crippen LogP contribution in [0.25, 0.3) is 0 Å². The first kappa shape index (κ1) is 22.1. The van der Waals surface area contributed by atoms with Crippen LogP contribution in [-0.4, -0.2) is 39.6 Å². The summed E-state index contributed by atoms with van der Waals surface area (Å²) in [6.45, 7) is 1.73. The van der Waals surface area contributed by atoms with Gasteiger partial charge >= 0.3 is 5.97 Å². The van der Waals surface area contributed by atoms with Gasteiger partial charge in [-0.3, -0.25) is 0 Å². The quantitative estimate of drug-likeness (QED) is 0.593. The Morgan fingerprint density at radius 3 is 2.79 bits per heavy atom. The number of carboxylic acid groups (broad SMARTS) is 1. The van der Waals surface area contributed by atoms with Gasteiger partial charge in [0, 0.05) is 23.7 Å². The van der Waals surface area contributed by atoms with Gasteiger partial charge in [-0.25, -0.2) is 9.18 Å². The highest BCUT2D eigenvalue weighted by molar-refractivity contribution is 5.88. The molecule has 0 amide bonds. The van der Waals surface area contributed by atoms with Crippen molar-refractivity contribution in [2.75, 3.05) is 0 Å². The van der Waals surface area contributed by atoms with E-state index in [0.717, 1.165) is 31.2 Å². The van der Waals surface area contributed by atoms with Gasteiger partial charge in [-0.15, -0.1) is 0 Å². The minimum atomic E-state index is -0.998. The van der Waals surface area contributed by atoms with Crippen LogP contribution in [0.3, 0.4) is 0 Å². The van der Waals surface area contributed by atoms with Crippen LogP contribution >= 0.6 is 0 Å². The van der Waals surface area contributed by atoms with Gasteiger partial charge in [0.25, 0.3) is 0 Å². The standard InChI is InChI=1S/C27H29FO5/c1-15-3-2-4-20(25(15)28)27(11-12-27)24(30)10-9-18-19-8-7-16-5-6-17(26(31)32)13-22(16)33-23(19)14-21(18)29/h2-6,9-10,13,18-19,21,23-24,29-30H,7-8,11-12,14H2,1H3,(H,31,32)/b10-9+/t18-,19-,21-,23+,24?/m1/s1. The van der Waals surface area contributed by atoms with Crippen LogP contribution in [0.1, 0.15) is 52.7 Å². The molecule has 3 N–H and O–H groups in total. The van der Waals surface area contributed by atoms with Crippen molar-refractivity contribution in [3.05, 3.63) is 76.6 Å². The minimum absolute atomic E-state index is 0.0509. The molecule has 0 aromatic heterocycles. The third-order valence-corrected chi connectivity index (χ3v) is 7.83. The van der Waals surface area contributed by atoms with Crippen LogP contribution < -0.4 is 4.74 Å². The third kappa shape index (κ3) is 3.85. The Balaban J connectivity index is 1.34. The molecule has 5 atom stereocenters. The molecule has 5 rings (SSSR count). The predicted molar refractivity (Wildman–Crippen MR) is 121 cm³/mol. The monoisotopic (exact) mass is 452 g/mol. The predicted octanol–water partition coefficient (Wildman–Crippen LogP) is 4.17. The first-order chi connectivity index (χ1) is 15.8. The van der Waals surface area contributed by atoms with Gasteiger partial charge in [0.15, 0.2) is 0 Å². The lowest BCUT2D eigenvalue weighted by Gasteiger charge is -2.24. The fraction of sp³-hybridized carbons (Fsp3) is 0.444. The van der Waals surface area contributed by atoms with Gasteiger partial charge in [-0.1, -0.05) is 36.4 Å². The number of carbonyl (C=O) groups is 1. The van der Waals surface area contributed by atoms with Gasteiger partial charge in [0.1, 0.15) is 17.7 Å². The number of halogens is 1. The van der Waals surface area contributed by atoms with Gasteiger partial charge in [0.05, 0.1) is 17.8 Å². The maximum atomic E-state index is 14.7. The zero-order chi connectivity index (χ0) is 23.3. The third-order valence-electron chi connectivity index (χ3n) is 7.83. The average Bonchev–Trinajstić information content (AvgIpc) is 3.56. The summed E-state index contributed by atoms with van der Waals surface area (Å²) in [5.41, 5.74) is 1.69. The summed E-state index contributed by atoms with van der Waals surface area (Å²) in [5, 5.41) is 31.1. The second-order valence-corrected chi connectivity index (χ2v) is 9.79. The van der Waals surface area contributed by atoms with E-state index < -0.39 is 23.6 Å². The molecule has 2 aromatic carbocycles. The molecule has 2 saturated carbocycles. The molecule has 0 radical (unpaired) electrons. The average molecular weight is 453 g/mol. The van der Waals surface area contributed by atoms with Crippen LogP contribution in [0.15, 0.2) is 48.6 Å². The second-order valence-electron chi connectivity index (χ2n) is 9.79.